The van der Waals surface area contributed by atoms with E-state index in [-0.39, 0.29) is 55.2 Å². The minimum absolute atomic E-state index is 0.0140. The minimum atomic E-state index is -0.383. The minimum Gasteiger partial charge on any atom is -0.464 e. The van der Waals surface area contributed by atoms with Gasteiger partial charge in [-0.1, -0.05) is 38.1 Å². The van der Waals surface area contributed by atoms with Gasteiger partial charge in [0.25, 0.3) is 0 Å². The predicted molar refractivity (Wildman–Crippen MR) is 131 cm³/mol. The van der Waals surface area contributed by atoms with Gasteiger partial charge in [0.15, 0.2) is 5.43 Å². The Labute approximate surface area is 204 Å². The molecule has 0 aliphatic rings. The van der Waals surface area contributed by atoms with E-state index in [0.29, 0.717) is 35.1 Å². The van der Waals surface area contributed by atoms with Crippen LogP contribution in [0.15, 0.2) is 64.0 Å². The van der Waals surface area contributed by atoms with Gasteiger partial charge in [0, 0.05) is 26.6 Å². The number of carbonyl (C=O) groups is 2. The highest BCUT2D eigenvalue weighted by Gasteiger charge is 2.23. The smallest absolute Gasteiger partial charge is 0.242 e. The van der Waals surface area contributed by atoms with E-state index in [4.69, 9.17) is 9.15 Å². The van der Waals surface area contributed by atoms with Crippen LogP contribution in [-0.2, 0) is 27.4 Å². The molecule has 7 nitrogen and oxygen atoms in total. The molecule has 0 aliphatic carbocycles. The zero-order valence-corrected chi connectivity index (χ0v) is 20.3. The Morgan fingerprint density at radius 2 is 1.71 bits per heavy atom. The molecule has 35 heavy (non-hydrogen) atoms. The molecule has 3 aromatic rings. The van der Waals surface area contributed by atoms with Crippen molar-refractivity contribution in [1.29, 1.82) is 0 Å². The summed E-state index contributed by atoms with van der Waals surface area (Å²) in [5, 5.41) is 0.424. The monoisotopic (exact) mass is 482 g/mol. The Bertz CT molecular complexity index is 1210. The number of ether oxygens (including phenoxy) is 1. The Balaban J connectivity index is 1.88. The fourth-order valence-electron chi connectivity index (χ4n) is 3.71. The summed E-state index contributed by atoms with van der Waals surface area (Å²) in [6, 6.07) is 12.7. The molecule has 186 valence electrons. The molecule has 0 bridgehead atoms. The summed E-state index contributed by atoms with van der Waals surface area (Å²) in [7, 11) is 1.53. The van der Waals surface area contributed by atoms with E-state index in [1.165, 1.54) is 35.3 Å². The lowest BCUT2D eigenvalue weighted by atomic mass is 10.1. The van der Waals surface area contributed by atoms with E-state index in [2.05, 4.69) is 0 Å². The number of amides is 2. The molecule has 1 heterocycles. The molecule has 0 radical (unpaired) electrons. The van der Waals surface area contributed by atoms with Crippen LogP contribution >= 0.6 is 0 Å². The van der Waals surface area contributed by atoms with Crippen molar-refractivity contribution in [2.45, 2.75) is 33.4 Å². The van der Waals surface area contributed by atoms with Crippen molar-refractivity contribution in [3.63, 3.8) is 0 Å². The molecule has 0 unspecified atom stereocenters. The number of hydrogen-bond donors (Lipinski definition) is 0. The van der Waals surface area contributed by atoms with E-state index >= 15 is 0 Å². The van der Waals surface area contributed by atoms with Crippen molar-refractivity contribution in [3.05, 3.63) is 82.0 Å². The second kappa shape index (κ2) is 12.3. The molecule has 0 saturated carbocycles. The third-order valence-corrected chi connectivity index (χ3v) is 5.58. The highest BCUT2D eigenvalue weighted by atomic mass is 19.1. The second-order valence-corrected chi connectivity index (χ2v) is 8.87. The van der Waals surface area contributed by atoms with Crippen LogP contribution in [0, 0.1) is 11.7 Å². The largest absolute Gasteiger partial charge is 0.464 e. The topological polar surface area (TPSA) is 80.1 Å². The molecular formula is C27H31FN2O5. The lowest BCUT2D eigenvalue weighted by Gasteiger charge is -2.28. The van der Waals surface area contributed by atoms with Crippen molar-refractivity contribution in [2.75, 3.05) is 26.8 Å². The van der Waals surface area contributed by atoms with E-state index in [1.807, 2.05) is 13.8 Å². The Kier molecular flexibility index (Phi) is 9.14. The second-order valence-electron chi connectivity index (χ2n) is 8.87. The fourth-order valence-corrected chi connectivity index (χ4v) is 3.71. The van der Waals surface area contributed by atoms with Crippen molar-refractivity contribution >= 4 is 22.8 Å². The number of carbonyl (C=O) groups excluding carboxylic acids is 2. The average molecular weight is 483 g/mol. The zero-order valence-electron chi connectivity index (χ0n) is 20.3. The summed E-state index contributed by atoms with van der Waals surface area (Å²) in [4.78, 5) is 42.2. The van der Waals surface area contributed by atoms with E-state index in [9.17, 15) is 18.8 Å². The summed E-state index contributed by atoms with van der Waals surface area (Å²) < 4.78 is 24.2. The molecule has 0 aliphatic heterocycles. The van der Waals surface area contributed by atoms with Crippen LogP contribution in [0.5, 0.6) is 0 Å². The number of rotatable bonds is 11. The van der Waals surface area contributed by atoms with Gasteiger partial charge in [-0.3, -0.25) is 14.4 Å². The van der Waals surface area contributed by atoms with Crippen molar-refractivity contribution in [3.8, 4) is 0 Å². The van der Waals surface area contributed by atoms with Gasteiger partial charge in [-0.05, 0) is 35.7 Å². The Morgan fingerprint density at radius 1 is 1.00 bits per heavy atom. The fraction of sp³-hybridized carbons (Fsp3) is 0.370. The maximum absolute atomic E-state index is 13.4. The summed E-state index contributed by atoms with van der Waals surface area (Å²) in [5.41, 5.74) is 1.25. The molecule has 0 spiro atoms. The lowest BCUT2D eigenvalue weighted by molar-refractivity contribution is -0.142. The maximum Gasteiger partial charge on any atom is 0.242 e. The number of halogens is 1. The van der Waals surface area contributed by atoms with Gasteiger partial charge in [-0.2, -0.15) is 0 Å². The quantitative estimate of drug-likeness (QED) is 0.413. The number of methoxy groups -OCH3 is 1. The molecular weight excluding hydrogens is 451 g/mol. The lowest BCUT2D eigenvalue weighted by Crippen LogP contribution is -2.44. The van der Waals surface area contributed by atoms with Crippen molar-refractivity contribution < 1.29 is 23.1 Å². The highest BCUT2D eigenvalue weighted by Crippen LogP contribution is 2.15. The normalized spacial score (nSPS) is 11.1. The van der Waals surface area contributed by atoms with Crippen molar-refractivity contribution in [1.82, 2.24) is 9.80 Å². The van der Waals surface area contributed by atoms with Crippen LogP contribution in [0.3, 0.4) is 0 Å². The van der Waals surface area contributed by atoms with E-state index in [1.54, 1.807) is 36.4 Å². The molecule has 0 atom stereocenters. The first kappa shape index (κ1) is 26.1. The molecule has 2 aromatic carbocycles. The standard InChI is InChI=1S/C27H31FN2O5/c1-19(2)14-25(31)29(12-13-34-3)17-26(32)30(15-20-8-10-22(28)11-9-20)16-21-18-35-24-7-5-4-6-23(24)27(21)33/h4-11,18-19H,12-17H2,1-3H3. The van der Waals surface area contributed by atoms with Crippen LogP contribution in [0.4, 0.5) is 4.39 Å². The van der Waals surface area contributed by atoms with Crippen molar-refractivity contribution in [2.24, 2.45) is 5.92 Å². The SMILES string of the molecule is COCCN(CC(=O)N(Cc1ccc(F)cc1)Cc1coc2ccccc2c1=O)C(=O)CC(C)C. The van der Waals surface area contributed by atoms with Crippen LogP contribution in [0.2, 0.25) is 0 Å². The first-order valence-corrected chi connectivity index (χ1v) is 11.6. The van der Waals surface area contributed by atoms with Gasteiger partial charge in [-0.15, -0.1) is 0 Å². The molecule has 8 heteroatoms. The molecule has 0 fully saturated rings. The van der Waals surface area contributed by atoms with Crippen LogP contribution in [-0.4, -0.2) is 48.4 Å². The summed E-state index contributed by atoms with van der Waals surface area (Å²) in [5.74, 6) is -0.723. The zero-order chi connectivity index (χ0) is 25.4. The van der Waals surface area contributed by atoms with E-state index in [0.717, 1.165) is 0 Å². The van der Waals surface area contributed by atoms with Gasteiger partial charge < -0.3 is 19.0 Å². The third kappa shape index (κ3) is 7.23. The first-order chi connectivity index (χ1) is 16.8. The van der Waals surface area contributed by atoms with Crippen LogP contribution in [0.1, 0.15) is 31.4 Å². The summed E-state index contributed by atoms with van der Waals surface area (Å²) >= 11 is 0. The summed E-state index contributed by atoms with van der Waals surface area (Å²) in [6.45, 7) is 4.42. The number of para-hydroxylation sites is 1. The molecule has 3 rings (SSSR count). The Hall–Kier alpha value is -3.52. The molecule has 1 aromatic heterocycles. The Morgan fingerprint density at radius 3 is 2.40 bits per heavy atom. The predicted octanol–water partition coefficient (Wildman–Crippen LogP) is 3.98. The number of hydrogen-bond acceptors (Lipinski definition) is 5. The third-order valence-electron chi connectivity index (χ3n) is 5.58. The molecule has 0 N–H and O–H groups in total. The summed E-state index contributed by atoms with van der Waals surface area (Å²) in [6.07, 6.45) is 1.67. The number of benzene rings is 2. The van der Waals surface area contributed by atoms with Gasteiger partial charge >= 0.3 is 0 Å². The van der Waals surface area contributed by atoms with Crippen LogP contribution in [0.25, 0.3) is 11.0 Å². The average Bonchev–Trinajstić information content (AvgIpc) is 2.83. The highest BCUT2D eigenvalue weighted by molar-refractivity contribution is 5.85. The first-order valence-electron chi connectivity index (χ1n) is 11.6. The van der Waals surface area contributed by atoms with Gasteiger partial charge in [0.2, 0.25) is 11.8 Å². The number of nitrogens with zero attached hydrogens (tertiary/aromatic N) is 2. The van der Waals surface area contributed by atoms with Gasteiger partial charge in [0.05, 0.1) is 36.9 Å². The molecule has 2 amide bonds. The van der Waals surface area contributed by atoms with Gasteiger partial charge in [-0.25, -0.2) is 4.39 Å². The molecule has 0 saturated heterocycles. The number of fused-ring (bicyclic) bond motifs is 1. The van der Waals surface area contributed by atoms with Crippen LogP contribution < -0.4 is 5.43 Å². The maximum atomic E-state index is 13.4. The van der Waals surface area contributed by atoms with Gasteiger partial charge in [0.1, 0.15) is 11.4 Å². The van der Waals surface area contributed by atoms with E-state index < -0.39 is 0 Å².